The van der Waals surface area contributed by atoms with Gasteiger partial charge in [0.1, 0.15) is 0 Å². The van der Waals surface area contributed by atoms with Gasteiger partial charge in [-0.25, -0.2) is 4.98 Å². The van der Waals surface area contributed by atoms with Crippen molar-refractivity contribution in [2.24, 2.45) is 0 Å². The fourth-order valence-corrected chi connectivity index (χ4v) is 2.06. The maximum absolute atomic E-state index is 4.59. The van der Waals surface area contributed by atoms with Gasteiger partial charge in [0, 0.05) is 16.8 Å². The minimum Gasteiger partial charge on any atom is -0.329 e. The fourth-order valence-electron chi connectivity index (χ4n) is 2.06. The standard InChI is InChI=1S/C18H16N4/c1-13(2)19-18-21-16(14-9-5-3-6-10-14)20-17(22-18)15-11-7-4-8-12-15/h3-12H,1H2,2H3,(H,19,20,21,22). The van der Waals surface area contributed by atoms with Gasteiger partial charge in [0.05, 0.1) is 0 Å². The molecule has 4 heteroatoms. The molecular formula is C18H16N4. The Morgan fingerprint density at radius 2 is 1.23 bits per heavy atom. The monoisotopic (exact) mass is 288 g/mol. The third-order valence-corrected chi connectivity index (χ3v) is 3.02. The van der Waals surface area contributed by atoms with Gasteiger partial charge in [-0.05, 0) is 6.92 Å². The number of hydrogen-bond donors (Lipinski definition) is 1. The van der Waals surface area contributed by atoms with Gasteiger partial charge in [-0.3, -0.25) is 0 Å². The molecule has 3 aromatic rings. The van der Waals surface area contributed by atoms with Crippen LogP contribution in [0.3, 0.4) is 0 Å². The van der Waals surface area contributed by atoms with Crippen molar-refractivity contribution in [3.8, 4) is 22.8 Å². The maximum atomic E-state index is 4.59. The molecule has 1 heterocycles. The largest absolute Gasteiger partial charge is 0.329 e. The zero-order valence-corrected chi connectivity index (χ0v) is 12.3. The van der Waals surface area contributed by atoms with Gasteiger partial charge < -0.3 is 5.32 Å². The Morgan fingerprint density at radius 3 is 1.64 bits per heavy atom. The zero-order valence-electron chi connectivity index (χ0n) is 12.3. The highest BCUT2D eigenvalue weighted by Gasteiger charge is 2.09. The van der Waals surface area contributed by atoms with Crippen LogP contribution in [0.2, 0.25) is 0 Å². The van der Waals surface area contributed by atoms with Crippen molar-refractivity contribution >= 4 is 5.95 Å². The van der Waals surface area contributed by atoms with E-state index < -0.39 is 0 Å². The zero-order chi connectivity index (χ0) is 15.4. The van der Waals surface area contributed by atoms with Crippen LogP contribution in [0.15, 0.2) is 72.9 Å². The lowest BCUT2D eigenvalue weighted by atomic mass is 10.2. The Morgan fingerprint density at radius 1 is 0.773 bits per heavy atom. The molecule has 0 saturated carbocycles. The van der Waals surface area contributed by atoms with Crippen LogP contribution in [0.1, 0.15) is 6.92 Å². The van der Waals surface area contributed by atoms with Crippen molar-refractivity contribution in [2.45, 2.75) is 6.92 Å². The molecule has 0 amide bonds. The molecule has 0 unspecified atom stereocenters. The summed E-state index contributed by atoms with van der Waals surface area (Å²) in [5.41, 5.74) is 2.68. The van der Waals surface area contributed by atoms with Gasteiger partial charge in [-0.15, -0.1) is 0 Å². The number of benzene rings is 2. The quantitative estimate of drug-likeness (QED) is 0.783. The van der Waals surface area contributed by atoms with E-state index in [0.717, 1.165) is 16.8 Å². The van der Waals surface area contributed by atoms with E-state index in [-0.39, 0.29) is 0 Å². The third kappa shape index (κ3) is 3.17. The molecule has 3 rings (SSSR count). The molecule has 0 saturated heterocycles. The van der Waals surface area contributed by atoms with Gasteiger partial charge in [0.25, 0.3) is 0 Å². The summed E-state index contributed by atoms with van der Waals surface area (Å²) in [5, 5.41) is 3.07. The lowest BCUT2D eigenvalue weighted by Crippen LogP contribution is -2.04. The van der Waals surface area contributed by atoms with Crippen molar-refractivity contribution in [3.63, 3.8) is 0 Å². The van der Waals surface area contributed by atoms with E-state index in [1.807, 2.05) is 67.6 Å². The molecule has 0 aliphatic heterocycles. The van der Waals surface area contributed by atoms with Crippen LogP contribution in [0.5, 0.6) is 0 Å². The summed E-state index contributed by atoms with van der Waals surface area (Å²) >= 11 is 0. The van der Waals surface area contributed by atoms with Crippen molar-refractivity contribution < 1.29 is 0 Å². The average Bonchev–Trinajstić information content (AvgIpc) is 2.55. The minimum absolute atomic E-state index is 0.500. The molecule has 0 aliphatic rings. The van der Waals surface area contributed by atoms with Crippen molar-refractivity contribution in [2.75, 3.05) is 5.32 Å². The van der Waals surface area contributed by atoms with Gasteiger partial charge in [-0.1, -0.05) is 67.2 Å². The Kier molecular flexibility index (Phi) is 3.92. The van der Waals surface area contributed by atoms with Crippen LogP contribution >= 0.6 is 0 Å². The summed E-state index contributed by atoms with van der Waals surface area (Å²) in [6, 6.07) is 19.7. The van der Waals surface area contributed by atoms with Crippen molar-refractivity contribution in [1.29, 1.82) is 0 Å². The number of allylic oxidation sites excluding steroid dienone is 1. The van der Waals surface area contributed by atoms with Crippen LogP contribution < -0.4 is 5.32 Å². The number of hydrogen-bond acceptors (Lipinski definition) is 4. The van der Waals surface area contributed by atoms with Gasteiger partial charge in [-0.2, -0.15) is 9.97 Å². The Labute approximate surface area is 129 Å². The van der Waals surface area contributed by atoms with E-state index in [0.29, 0.717) is 17.6 Å². The smallest absolute Gasteiger partial charge is 0.231 e. The van der Waals surface area contributed by atoms with E-state index in [2.05, 4.69) is 26.8 Å². The number of anilines is 1. The summed E-state index contributed by atoms with van der Waals surface area (Å²) in [5.74, 6) is 1.77. The molecule has 0 radical (unpaired) electrons. The summed E-state index contributed by atoms with van der Waals surface area (Å²) < 4.78 is 0. The Balaban J connectivity index is 2.12. The van der Waals surface area contributed by atoms with E-state index in [9.17, 15) is 0 Å². The number of nitrogens with zero attached hydrogens (tertiary/aromatic N) is 3. The summed E-state index contributed by atoms with van der Waals surface area (Å²) in [6.45, 7) is 5.71. The molecule has 0 aliphatic carbocycles. The van der Waals surface area contributed by atoms with Crippen molar-refractivity contribution in [3.05, 3.63) is 72.9 Å². The molecule has 1 N–H and O–H groups in total. The van der Waals surface area contributed by atoms with Gasteiger partial charge in [0.2, 0.25) is 5.95 Å². The molecule has 0 atom stereocenters. The highest BCUT2D eigenvalue weighted by atomic mass is 15.2. The average molecular weight is 288 g/mol. The highest BCUT2D eigenvalue weighted by molar-refractivity contribution is 5.63. The maximum Gasteiger partial charge on any atom is 0.231 e. The van der Waals surface area contributed by atoms with E-state index in [4.69, 9.17) is 0 Å². The minimum atomic E-state index is 0.500. The Bertz CT molecular complexity index is 725. The molecule has 0 bridgehead atoms. The van der Waals surface area contributed by atoms with E-state index in [1.165, 1.54) is 0 Å². The SMILES string of the molecule is C=C(C)Nc1nc(-c2ccccc2)nc(-c2ccccc2)n1. The molecule has 1 aromatic heterocycles. The van der Waals surface area contributed by atoms with Gasteiger partial charge in [0.15, 0.2) is 11.6 Å². The summed E-state index contributed by atoms with van der Waals surface area (Å²) in [6.07, 6.45) is 0. The predicted octanol–water partition coefficient (Wildman–Crippen LogP) is 4.15. The van der Waals surface area contributed by atoms with Crippen LogP contribution in [0.4, 0.5) is 5.95 Å². The lowest BCUT2D eigenvalue weighted by molar-refractivity contribution is 1.06. The molecular weight excluding hydrogens is 272 g/mol. The first-order valence-electron chi connectivity index (χ1n) is 7.02. The molecule has 0 spiro atoms. The molecule has 0 fully saturated rings. The third-order valence-electron chi connectivity index (χ3n) is 3.02. The second-order valence-electron chi connectivity index (χ2n) is 4.94. The normalized spacial score (nSPS) is 10.2. The number of rotatable bonds is 4. The first-order valence-corrected chi connectivity index (χ1v) is 7.02. The molecule has 108 valence electrons. The van der Waals surface area contributed by atoms with Crippen LogP contribution in [-0.2, 0) is 0 Å². The second-order valence-corrected chi connectivity index (χ2v) is 4.94. The molecule has 22 heavy (non-hydrogen) atoms. The van der Waals surface area contributed by atoms with Crippen LogP contribution in [0, 0.1) is 0 Å². The molecule has 2 aromatic carbocycles. The van der Waals surface area contributed by atoms with Crippen molar-refractivity contribution in [1.82, 2.24) is 15.0 Å². The first kappa shape index (κ1) is 13.9. The molecule has 4 nitrogen and oxygen atoms in total. The highest BCUT2D eigenvalue weighted by Crippen LogP contribution is 2.21. The van der Waals surface area contributed by atoms with Gasteiger partial charge >= 0.3 is 0 Å². The van der Waals surface area contributed by atoms with E-state index in [1.54, 1.807) is 0 Å². The lowest BCUT2D eigenvalue weighted by Gasteiger charge is -2.09. The number of aromatic nitrogens is 3. The fraction of sp³-hybridized carbons (Fsp3) is 0.0556. The van der Waals surface area contributed by atoms with E-state index >= 15 is 0 Å². The van der Waals surface area contributed by atoms with Crippen LogP contribution in [0.25, 0.3) is 22.8 Å². The number of nitrogens with one attached hydrogen (secondary N) is 1. The summed E-state index contributed by atoms with van der Waals surface area (Å²) in [4.78, 5) is 13.5. The topological polar surface area (TPSA) is 50.7 Å². The second kappa shape index (κ2) is 6.18. The predicted molar refractivity (Wildman–Crippen MR) is 89.1 cm³/mol. The first-order chi connectivity index (χ1) is 10.7. The summed E-state index contributed by atoms with van der Waals surface area (Å²) in [7, 11) is 0. The Hall–Kier alpha value is -3.01. The van der Waals surface area contributed by atoms with Crippen LogP contribution in [-0.4, -0.2) is 15.0 Å².